The highest BCUT2D eigenvalue weighted by atomic mass is 14.3. The molecule has 0 heteroatoms. The third-order valence-electron chi connectivity index (χ3n) is 4.80. The maximum absolute atomic E-state index is 4.49. The molecule has 117 valence electrons. The lowest BCUT2D eigenvalue weighted by molar-refractivity contribution is 0.508. The van der Waals surface area contributed by atoms with E-state index in [2.05, 4.69) is 77.9 Å². The average molecular weight is 293 g/mol. The molecule has 0 aliphatic heterocycles. The third kappa shape index (κ3) is 4.00. The van der Waals surface area contributed by atoms with Gasteiger partial charge < -0.3 is 0 Å². The minimum absolute atomic E-state index is 0.00246. The van der Waals surface area contributed by atoms with E-state index >= 15 is 0 Å². The smallest absolute Gasteiger partial charge is 0.00722 e. The summed E-state index contributed by atoms with van der Waals surface area (Å²) in [6.45, 7) is 15.5. The van der Waals surface area contributed by atoms with Crippen molar-refractivity contribution >= 4 is 0 Å². The van der Waals surface area contributed by atoms with Crippen molar-refractivity contribution in [3.63, 3.8) is 0 Å². The normalized spacial score (nSPS) is 11.7. The van der Waals surface area contributed by atoms with Gasteiger partial charge >= 0.3 is 0 Å². The van der Waals surface area contributed by atoms with Crippen LogP contribution in [0.5, 0.6) is 0 Å². The lowest BCUT2D eigenvalue weighted by Crippen LogP contribution is -2.19. The maximum Gasteiger partial charge on any atom is -0.00722 e. The Morgan fingerprint density at radius 1 is 0.864 bits per heavy atom. The standard InChI is InChI=1S/C22H29/c1-16-9-12-21(19(4)14-16)22(5,6)13-7-8-20-11-10-17(2)18(3)15-20/h9-12,14-15H,5,7-8,13H2,1-4,6H3. The quantitative estimate of drug-likeness (QED) is 0.631. The largest absolute Gasteiger partial charge is 0.0590 e. The van der Waals surface area contributed by atoms with E-state index in [1.807, 2.05) is 0 Å². The van der Waals surface area contributed by atoms with Crippen molar-refractivity contribution in [1.29, 1.82) is 0 Å². The van der Waals surface area contributed by atoms with Crippen LogP contribution >= 0.6 is 0 Å². The molecule has 1 unspecified atom stereocenters. The highest BCUT2D eigenvalue weighted by Crippen LogP contribution is 2.31. The van der Waals surface area contributed by atoms with Gasteiger partial charge in [-0.25, -0.2) is 0 Å². The molecule has 0 saturated carbocycles. The molecule has 1 atom stereocenters. The number of hydrogen-bond acceptors (Lipinski definition) is 0. The monoisotopic (exact) mass is 293 g/mol. The van der Waals surface area contributed by atoms with Crippen LogP contribution in [0.15, 0.2) is 36.4 Å². The molecular formula is C22H29. The molecule has 2 rings (SSSR count). The number of aryl methyl sites for hydroxylation is 5. The maximum atomic E-state index is 4.49. The second-order valence-electron chi connectivity index (χ2n) is 7.15. The van der Waals surface area contributed by atoms with Gasteiger partial charge in [-0.1, -0.05) is 48.9 Å². The van der Waals surface area contributed by atoms with Gasteiger partial charge in [-0.2, -0.15) is 0 Å². The van der Waals surface area contributed by atoms with Crippen molar-refractivity contribution in [1.82, 2.24) is 0 Å². The second-order valence-corrected chi connectivity index (χ2v) is 7.15. The van der Waals surface area contributed by atoms with Crippen LogP contribution < -0.4 is 0 Å². The zero-order chi connectivity index (χ0) is 16.3. The summed E-state index contributed by atoms with van der Waals surface area (Å²) in [5.74, 6) is 0. The van der Waals surface area contributed by atoms with E-state index in [0.29, 0.717) is 0 Å². The SMILES string of the molecule is [CH2]C(C)(CCCc1ccc(C)c(C)c1)c1ccc(C)cc1C. The van der Waals surface area contributed by atoms with E-state index in [1.54, 1.807) is 0 Å². The third-order valence-corrected chi connectivity index (χ3v) is 4.80. The van der Waals surface area contributed by atoms with Gasteiger partial charge in [0.05, 0.1) is 0 Å². The number of benzene rings is 2. The predicted octanol–water partition coefficient (Wildman–Crippen LogP) is 6.03. The first-order valence-corrected chi connectivity index (χ1v) is 8.29. The molecule has 0 aliphatic carbocycles. The number of hydrogen-bond donors (Lipinski definition) is 0. The molecule has 0 bridgehead atoms. The Morgan fingerprint density at radius 3 is 2.23 bits per heavy atom. The molecule has 0 spiro atoms. The molecule has 0 aromatic heterocycles. The second kappa shape index (κ2) is 6.69. The molecular weight excluding hydrogens is 264 g/mol. The van der Waals surface area contributed by atoms with Crippen molar-refractivity contribution in [2.24, 2.45) is 0 Å². The zero-order valence-corrected chi connectivity index (χ0v) is 14.8. The first-order chi connectivity index (χ1) is 10.3. The zero-order valence-electron chi connectivity index (χ0n) is 14.8. The lowest BCUT2D eigenvalue weighted by atomic mass is 9.77. The van der Waals surface area contributed by atoms with Crippen LogP contribution in [0.25, 0.3) is 0 Å². The van der Waals surface area contributed by atoms with E-state index < -0.39 is 0 Å². The summed E-state index contributed by atoms with van der Waals surface area (Å²) >= 11 is 0. The van der Waals surface area contributed by atoms with Crippen LogP contribution in [0.4, 0.5) is 0 Å². The van der Waals surface area contributed by atoms with Crippen LogP contribution in [-0.2, 0) is 11.8 Å². The molecule has 0 N–H and O–H groups in total. The van der Waals surface area contributed by atoms with E-state index in [0.717, 1.165) is 12.8 Å². The lowest BCUT2D eigenvalue weighted by Gasteiger charge is -2.27. The van der Waals surface area contributed by atoms with Crippen LogP contribution in [0.3, 0.4) is 0 Å². The summed E-state index contributed by atoms with van der Waals surface area (Å²) in [7, 11) is 0. The van der Waals surface area contributed by atoms with Gasteiger partial charge in [0, 0.05) is 0 Å². The van der Waals surface area contributed by atoms with Crippen LogP contribution in [0.1, 0.15) is 53.1 Å². The highest BCUT2D eigenvalue weighted by Gasteiger charge is 2.22. The average Bonchev–Trinajstić information content (AvgIpc) is 2.42. The first-order valence-electron chi connectivity index (χ1n) is 8.29. The van der Waals surface area contributed by atoms with Crippen molar-refractivity contribution in [2.75, 3.05) is 0 Å². The van der Waals surface area contributed by atoms with Gasteiger partial charge in [-0.05, 0) is 87.1 Å². The summed E-state index contributed by atoms with van der Waals surface area (Å²) in [4.78, 5) is 0. The molecule has 2 aromatic carbocycles. The Bertz CT molecular complexity index is 647. The Labute approximate surface area is 136 Å². The topological polar surface area (TPSA) is 0 Å². The summed E-state index contributed by atoms with van der Waals surface area (Å²) in [5.41, 5.74) is 8.29. The van der Waals surface area contributed by atoms with Crippen LogP contribution in [-0.4, -0.2) is 0 Å². The minimum atomic E-state index is -0.00246. The first kappa shape index (κ1) is 16.8. The molecule has 0 saturated heterocycles. The van der Waals surface area contributed by atoms with E-state index in [4.69, 9.17) is 0 Å². The van der Waals surface area contributed by atoms with Gasteiger partial charge in [0.2, 0.25) is 0 Å². The van der Waals surface area contributed by atoms with Gasteiger partial charge in [-0.3, -0.25) is 0 Å². The fourth-order valence-electron chi connectivity index (χ4n) is 3.27. The van der Waals surface area contributed by atoms with E-state index in [-0.39, 0.29) is 5.41 Å². The molecule has 0 amide bonds. The fourth-order valence-corrected chi connectivity index (χ4v) is 3.27. The molecule has 22 heavy (non-hydrogen) atoms. The minimum Gasteiger partial charge on any atom is -0.0590 e. The van der Waals surface area contributed by atoms with E-state index in [9.17, 15) is 0 Å². The van der Waals surface area contributed by atoms with Crippen molar-refractivity contribution in [2.45, 2.75) is 59.3 Å². The molecule has 2 aromatic rings. The molecule has 0 nitrogen and oxygen atoms in total. The summed E-state index contributed by atoms with van der Waals surface area (Å²) in [6, 6.07) is 13.6. The van der Waals surface area contributed by atoms with E-state index in [1.165, 1.54) is 39.8 Å². The Kier molecular flexibility index (Phi) is 5.11. The van der Waals surface area contributed by atoms with Gasteiger partial charge in [0.25, 0.3) is 0 Å². The Morgan fingerprint density at radius 2 is 1.59 bits per heavy atom. The van der Waals surface area contributed by atoms with Crippen molar-refractivity contribution in [3.8, 4) is 0 Å². The van der Waals surface area contributed by atoms with Crippen molar-refractivity contribution in [3.05, 3.63) is 76.7 Å². The fraction of sp³-hybridized carbons (Fsp3) is 0.409. The molecule has 0 aliphatic rings. The van der Waals surface area contributed by atoms with Crippen LogP contribution in [0, 0.1) is 34.6 Å². The summed E-state index contributed by atoms with van der Waals surface area (Å²) < 4.78 is 0. The summed E-state index contributed by atoms with van der Waals surface area (Å²) in [5, 5.41) is 0. The predicted molar refractivity (Wildman–Crippen MR) is 97.5 cm³/mol. The van der Waals surface area contributed by atoms with Crippen molar-refractivity contribution < 1.29 is 0 Å². The van der Waals surface area contributed by atoms with Gasteiger partial charge in [-0.15, -0.1) is 0 Å². The molecule has 0 heterocycles. The van der Waals surface area contributed by atoms with Crippen LogP contribution in [0.2, 0.25) is 0 Å². The Hall–Kier alpha value is -1.56. The Balaban J connectivity index is 2.01. The molecule has 0 fully saturated rings. The summed E-state index contributed by atoms with van der Waals surface area (Å²) in [6.07, 6.45) is 3.43. The highest BCUT2D eigenvalue weighted by molar-refractivity contribution is 5.37. The van der Waals surface area contributed by atoms with Gasteiger partial charge in [0.15, 0.2) is 0 Å². The molecule has 1 radical (unpaired) electrons. The number of rotatable bonds is 5. The van der Waals surface area contributed by atoms with Gasteiger partial charge in [0.1, 0.15) is 0 Å².